The van der Waals surface area contributed by atoms with Crippen LogP contribution < -0.4 is 10.1 Å². The molecule has 0 atom stereocenters. The molecule has 1 aromatic heterocycles. The van der Waals surface area contributed by atoms with Crippen LogP contribution in [-0.2, 0) is 0 Å². The SMILES string of the molecule is COc1cc(C(=O)Nc2ccnc3c(C)c(C)ccc23)ccc1C. The van der Waals surface area contributed by atoms with E-state index in [2.05, 4.69) is 17.2 Å². The normalized spacial score (nSPS) is 10.7. The van der Waals surface area contributed by atoms with Crippen molar-refractivity contribution >= 4 is 22.5 Å². The molecule has 0 aliphatic rings. The minimum absolute atomic E-state index is 0.168. The maximum absolute atomic E-state index is 12.6. The maximum atomic E-state index is 12.6. The molecule has 0 saturated heterocycles. The van der Waals surface area contributed by atoms with Gasteiger partial charge in [0.25, 0.3) is 5.91 Å². The second-order valence-electron chi connectivity index (χ2n) is 5.90. The molecule has 0 radical (unpaired) electrons. The average molecular weight is 320 g/mol. The van der Waals surface area contributed by atoms with Crippen molar-refractivity contribution in [2.75, 3.05) is 12.4 Å². The van der Waals surface area contributed by atoms with Crippen molar-refractivity contribution in [3.63, 3.8) is 0 Å². The van der Waals surface area contributed by atoms with Gasteiger partial charge >= 0.3 is 0 Å². The van der Waals surface area contributed by atoms with Crippen molar-refractivity contribution in [3.8, 4) is 5.75 Å². The van der Waals surface area contributed by atoms with E-state index in [1.165, 1.54) is 5.56 Å². The van der Waals surface area contributed by atoms with Crippen molar-refractivity contribution in [3.05, 3.63) is 64.8 Å². The summed E-state index contributed by atoms with van der Waals surface area (Å²) in [6.45, 7) is 6.05. The Bertz CT molecular complexity index is 932. The number of hydrogen-bond acceptors (Lipinski definition) is 3. The van der Waals surface area contributed by atoms with Gasteiger partial charge in [-0.2, -0.15) is 0 Å². The van der Waals surface area contributed by atoms with Crippen LogP contribution in [0.2, 0.25) is 0 Å². The fourth-order valence-corrected chi connectivity index (χ4v) is 2.73. The summed E-state index contributed by atoms with van der Waals surface area (Å²) >= 11 is 0. The first-order chi connectivity index (χ1) is 11.5. The van der Waals surface area contributed by atoms with Gasteiger partial charge in [0, 0.05) is 17.1 Å². The number of nitrogens with one attached hydrogen (secondary N) is 1. The molecule has 3 aromatic rings. The largest absolute Gasteiger partial charge is 0.496 e. The van der Waals surface area contributed by atoms with E-state index in [0.29, 0.717) is 11.3 Å². The summed E-state index contributed by atoms with van der Waals surface area (Å²) in [7, 11) is 1.60. The van der Waals surface area contributed by atoms with E-state index in [9.17, 15) is 4.79 Å². The van der Waals surface area contributed by atoms with Crippen LogP contribution in [0.25, 0.3) is 10.9 Å². The standard InChI is InChI=1S/C20H20N2O2/c1-12-6-8-16-17(9-10-21-19(16)14(12)3)22-20(23)15-7-5-13(2)18(11-15)24-4/h5-11H,1-4H3,(H,21,22,23). The second-order valence-corrected chi connectivity index (χ2v) is 5.90. The van der Waals surface area contributed by atoms with E-state index in [1.54, 1.807) is 25.4 Å². The summed E-state index contributed by atoms with van der Waals surface area (Å²) in [6.07, 6.45) is 1.72. The number of anilines is 1. The number of aromatic nitrogens is 1. The molecule has 0 aliphatic carbocycles. The van der Waals surface area contributed by atoms with Crippen LogP contribution in [0.3, 0.4) is 0 Å². The maximum Gasteiger partial charge on any atom is 0.255 e. The van der Waals surface area contributed by atoms with Crippen molar-refractivity contribution in [1.29, 1.82) is 0 Å². The lowest BCUT2D eigenvalue weighted by atomic mass is 10.0. The van der Waals surface area contributed by atoms with Crippen LogP contribution in [0.1, 0.15) is 27.0 Å². The van der Waals surface area contributed by atoms with Crippen LogP contribution in [0.4, 0.5) is 5.69 Å². The quantitative estimate of drug-likeness (QED) is 0.777. The topological polar surface area (TPSA) is 51.2 Å². The Morgan fingerprint density at radius 3 is 2.54 bits per heavy atom. The Balaban J connectivity index is 1.98. The van der Waals surface area contributed by atoms with Gasteiger partial charge < -0.3 is 10.1 Å². The number of fused-ring (bicyclic) bond motifs is 1. The summed E-state index contributed by atoms with van der Waals surface area (Å²) in [5, 5.41) is 3.92. The number of rotatable bonds is 3. The van der Waals surface area contributed by atoms with Crippen LogP contribution in [0.15, 0.2) is 42.6 Å². The lowest BCUT2D eigenvalue weighted by Crippen LogP contribution is -2.12. The molecule has 0 bridgehead atoms. The first-order valence-electron chi connectivity index (χ1n) is 7.82. The number of pyridine rings is 1. The third-order valence-corrected chi connectivity index (χ3v) is 4.36. The monoisotopic (exact) mass is 320 g/mol. The van der Waals surface area contributed by atoms with Gasteiger partial charge in [0.15, 0.2) is 0 Å². The Hall–Kier alpha value is -2.88. The van der Waals surface area contributed by atoms with E-state index >= 15 is 0 Å². The van der Waals surface area contributed by atoms with Gasteiger partial charge in [-0.15, -0.1) is 0 Å². The van der Waals surface area contributed by atoms with Crippen LogP contribution in [0, 0.1) is 20.8 Å². The molecule has 0 spiro atoms. The summed E-state index contributed by atoms with van der Waals surface area (Å²) in [6, 6.07) is 11.3. The highest BCUT2D eigenvalue weighted by Gasteiger charge is 2.12. The van der Waals surface area contributed by atoms with E-state index in [1.807, 2.05) is 38.1 Å². The molecule has 24 heavy (non-hydrogen) atoms. The first-order valence-corrected chi connectivity index (χ1v) is 7.82. The average Bonchev–Trinajstić information content (AvgIpc) is 2.59. The molecule has 1 heterocycles. The molecular weight excluding hydrogens is 300 g/mol. The summed E-state index contributed by atoms with van der Waals surface area (Å²) < 4.78 is 5.30. The summed E-state index contributed by atoms with van der Waals surface area (Å²) in [5.74, 6) is 0.535. The highest BCUT2D eigenvalue weighted by molar-refractivity contribution is 6.09. The molecule has 4 heteroatoms. The van der Waals surface area contributed by atoms with Crippen molar-refractivity contribution in [2.24, 2.45) is 0 Å². The lowest BCUT2D eigenvalue weighted by Gasteiger charge is -2.12. The molecule has 0 saturated carbocycles. The minimum atomic E-state index is -0.168. The fourth-order valence-electron chi connectivity index (χ4n) is 2.73. The predicted molar refractivity (Wildman–Crippen MR) is 96.9 cm³/mol. The van der Waals surface area contributed by atoms with E-state index in [4.69, 9.17) is 4.74 Å². The van der Waals surface area contributed by atoms with Gasteiger partial charge in [0.1, 0.15) is 5.75 Å². The number of carbonyl (C=O) groups is 1. The number of amides is 1. The van der Waals surface area contributed by atoms with Crippen molar-refractivity contribution in [1.82, 2.24) is 4.98 Å². The third-order valence-electron chi connectivity index (χ3n) is 4.36. The van der Waals surface area contributed by atoms with Gasteiger partial charge in [0.05, 0.1) is 18.3 Å². The molecule has 0 fully saturated rings. The molecule has 0 unspecified atom stereocenters. The summed E-state index contributed by atoms with van der Waals surface area (Å²) in [5.41, 5.74) is 5.53. The van der Waals surface area contributed by atoms with Crippen LogP contribution in [-0.4, -0.2) is 18.0 Å². The molecule has 122 valence electrons. The molecule has 1 N–H and O–H groups in total. The molecular formula is C20H20N2O2. The Kier molecular flexibility index (Phi) is 4.21. The van der Waals surface area contributed by atoms with E-state index in [-0.39, 0.29) is 5.91 Å². The minimum Gasteiger partial charge on any atom is -0.496 e. The van der Waals surface area contributed by atoms with Gasteiger partial charge in [-0.05, 0) is 55.7 Å². The van der Waals surface area contributed by atoms with Gasteiger partial charge in [-0.3, -0.25) is 9.78 Å². The molecule has 1 amide bonds. The van der Waals surface area contributed by atoms with Crippen molar-refractivity contribution in [2.45, 2.75) is 20.8 Å². The lowest BCUT2D eigenvalue weighted by molar-refractivity contribution is 0.102. The number of ether oxygens (including phenoxy) is 1. The molecule has 4 nitrogen and oxygen atoms in total. The second kappa shape index (κ2) is 6.32. The zero-order chi connectivity index (χ0) is 17.3. The highest BCUT2D eigenvalue weighted by atomic mass is 16.5. The van der Waals surface area contributed by atoms with Crippen LogP contribution >= 0.6 is 0 Å². The summed E-state index contributed by atoms with van der Waals surface area (Å²) in [4.78, 5) is 17.1. The molecule has 3 rings (SSSR count). The number of aryl methyl sites for hydroxylation is 3. The number of methoxy groups -OCH3 is 1. The first kappa shape index (κ1) is 16.0. The number of carbonyl (C=O) groups excluding carboxylic acids is 1. The van der Waals surface area contributed by atoms with E-state index < -0.39 is 0 Å². The molecule has 2 aromatic carbocycles. The van der Waals surface area contributed by atoms with Gasteiger partial charge in [0.2, 0.25) is 0 Å². The van der Waals surface area contributed by atoms with Gasteiger partial charge in [-0.25, -0.2) is 0 Å². The zero-order valence-electron chi connectivity index (χ0n) is 14.3. The number of benzene rings is 2. The zero-order valence-corrected chi connectivity index (χ0v) is 14.3. The van der Waals surface area contributed by atoms with Crippen LogP contribution in [0.5, 0.6) is 5.75 Å². The Morgan fingerprint density at radius 1 is 1.04 bits per heavy atom. The smallest absolute Gasteiger partial charge is 0.255 e. The van der Waals surface area contributed by atoms with E-state index in [0.717, 1.165) is 27.7 Å². The molecule has 0 aliphatic heterocycles. The predicted octanol–water partition coefficient (Wildman–Crippen LogP) is 4.42. The fraction of sp³-hybridized carbons (Fsp3) is 0.200. The number of nitrogens with zero attached hydrogens (tertiary/aromatic N) is 1. The highest BCUT2D eigenvalue weighted by Crippen LogP contribution is 2.27. The third kappa shape index (κ3) is 2.83. The Morgan fingerprint density at radius 2 is 1.79 bits per heavy atom. The van der Waals surface area contributed by atoms with Gasteiger partial charge in [-0.1, -0.05) is 18.2 Å². The Labute approximate surface area is 141 Å². The number of hydrogen-bond donors (Lipinski definition) is 1. The van der Waals surface area contributed by atoms with Crippen molar-refractivity contribution < 1.29 is 9.53 Å².